The van der Waals surface area contributed by atoms with Crippen molar-refractivity contribution >= 4 is 44.0 Å². The number of piperidine rings is 1. The Labute approximate surface area is 385 Å². The van der Waals surface area contributed by atoms with Crippen LogP contribution in [0.1, 0.15) is 118 Å². The molecule has 5 heterocycles. The summed E-state index contributed by atoms with van der Waals surface area (Å²) in [7, 11) is -4.66. The zero-order valence-electron chi connectivity index (χ0n) is 37.8. The second-order valence-corrected chi connectivity index (χ2v) is 21.7. The van der Waals surface area contributed by atoms with E-state index in [0.29, 0.717) is 60.5 Å². The highest BCUT2D eigenvalue weighted by molar-refractivity contribution is 7.90. The van der Waals surface area contributed by atoms with Crippen LogP contribution in [0.5, 0.6) is 17.2 Å². The summed E-state index contributed by atoms with van der Waals surface area (Å²) in [6.45, 7) is 9.36. The molecular weight excluding hydrogens is 859 g/mol. The van der Waals surface area contributed by atoms with Crippen LogP contribution in [0.15, 0.2) is 84.0 Å². The molecule has 2 saturated carbocycles. The number of nitro benzene ring substituents is 1. The van der Waals surface area contributed by atoms with Gasteiger partial charge in [-0.1, -0.05) is 38.1 Å². The Morgan fingerprint density at radius 3 is 2.55 bits per heavy atom. The first-order valence-corrected chi connectivity index (χ1v) is 25.0. The van der Waals surface area contributed by atoms with Gasteiger partial charge >= 0.3 is 0 Å². The van der Waals surface area contributed by atoms with E-state index in [4.69, 9.17) is 9.47 Å². The first-order valence-electron chi connectivity index (χ1n) is 23.5. The highest BCUT2D eigenvalue weighted by Crippen LogP contribution is 2.54. The van der Waals surface area contributed by atoms with E-state index in [1.807, 2.05) is 19.1 Å². The van der Waals surface area contributed by atoms with Gasteiger partial charge in [-0.3, -0.25) is 19.8 Å². The number of pyridine rings is 1. The number of fused-ring (bicyclic) bond motifs is 2. The zero-order valence-corrected chi connectivity index (χ0v) is 38.6. The largest absolute Gasteiger partial charge is 0.489 e. The minimum absolute atomic E-state index is 0.00508. The van der Waals surface area contributed by atoms with E-state index in [9.17, 15) is 28.4 Å². The van der Waals surface area contributed by atoms with E-state index >= 15 is 0 Å². The van der Waals surface area contributed by atoms with Crippen molar-refractivity contribution in [2.75, 3.05) is 36.5 Å². The van der Waals surface area contributed by atoms with Gasteiger partial charge in [0.15, 0.2) is 11.4 Å². The molecule has 0 unspecified atom stereocenters. The van der Waals surface area contributed by atoms with E-state index in [1.54, 1.807) is 24.4 Å². The monoisotopic (exact) mass is 917 g/mol. The van der Waals surface area contributed by atoms with Crippen molar-refractivity contribution < 1.29 is 32.7 Å². The summed E-state index contributed by atoms with van der Waals surface area (Å²) in [5, 5.41) is 26.9. The second-order valence-electron chi connectivity index (χ2n) is 20.0. The summed E-state index contributed by atoms with van der Waals surface area (Å²) in [6.07, 6.45) is 12.9. The van der Waals surface area contributed by atoms with E-state index in [1.165, 1.54) is 49.1 Å². The lowest BCUT2D eigenvalue weighted by atomic mass is 9.59. The lowest BCUT2D eigenvalue weighted by Gasteiger charge is -2.56. The fourth-order valence-electron chi connectivity index (χ4n) is 11.5. The molecule has 2 atom stereocenters. The maximum absolute atomic E-state index is 14.1. The van der Waals surface area contributed by atoms with Crippen LogP contribution in [0.4, 0.5) is 17.1 Å². The fourth-order valence-corrected chi connectivity index (χ4v) is 12.5. The average molecular weight is 918 g/mol. The molecule has 5 aromatic rings. The third kappa shape index (κ3) is 8.58. The fraction of sp³-hybridized carbons (Fsp3) is 0.480. The van der Waals surface area contributed by atoms with Gasteiger partial charge in [-0.25, -0.2) is 18.1 Å². The minimum Gasteiger partial charge on any atom is -0.489 e. The number of hydrogen-bond acceptors (Lipinski definition) is 12. The number of aromatic nitrogens is 2. The number of carbonyl (C=O) groups excluding carboxylic acids is 1. The van der Waals surface area contributed by atoms with Gasteiger partial charge in [0.05, 0.1) is 33.2 Å². The Hall–Kier alpha value is -5.71. The van der Waals surface area contributed by atoms with Crippen LogP contribution >= 0.6 is 0 Å². The predicted octanol–water partition coefficient (Wildman–Crippen LogP) is 9.21. The van der Waals surface area contributed by atoms with Crippen LogP contribution in [0.25, 0.3) is 11.0 Å². The number of carbonyl (C=O) groups is 1. The molecule has 2 aliphatic carbocycles. The number of H-pyrrole nitrogens is 1. The molecular formula is C50H59N7O8S. The topological polar surface area (TPSA) is 192 Å². The molecule has 0 bridgehead atoms. The molecule has 2 saturated heterocycles. The van der Waals surface area contributed by atoms with Crippen LogP contribution in [-0.2, 0) is 10.0 Å². The van der Waals surface area contributed by atoms with Crippen molar-refractivity contribution in [3.63, 3.8) is 0 Å². The van der Waals surface area contributed by atoms with Gasteiger partial charge in [0.2, 0.25) is 0 Å². The molecule has 3 aromatic carbocycles. The smallest absolute Gasteiger partial charge is 0.297 e. The molecule has 16 heteroatoms. The van der Waals surface area contributed by atoms with Gasteiger partial charge < -0.3 is 29.8 Å². The van der Waals surface area contributed by atoms with Gasteiger partial charge in [-0.15, -0.1) is 0 Å². The SMILES string of the molecule is CC(C)c1ccccc1[C@@H]1CCCN1C1CC2(CCN(c3ccc(C(=O)NS(=O)(=O)c4cc5c(c([N+](=O)[O-])c4)N[C@H](C4CCC(C)(O)CC4)CO5)c(Oc4cnc5[nH]ccc5c4)c3)CC2)C1. The summed E-state index contributed by atoms with van der Waals surface area (Å²) >= 11 is 0. The van der Waals surface area contributed by atoms with E-state index in [2.05, 4.69) is 67.9 Å². The Morgan fingerprint density at radius 2 is 1.79 bits per heavy atom. The lowest BCUT2D eigenvalue weighted by molar-refractivity contribution is -0.384. The number of anilines is 2. The molecule has 1 spiro atoms. The number of benzene rings is 3. The Morgan fingerprint density at radius 1 is 1.02 bits per heavy atom. The quantitative estimate of drug-likeness (QED) is 0.0727. The van der Waals surface area contributed by atoms with E-state index in [-0.39, 0.29) is 41.3 Å². The first kappa shape index (κ1) is 44.1. The predicted molar refractivity (Wildman–Crippen MR) is 252 cm³/mol. The molecule has 1 amide bonds. The summed E-state index contributed by atoms with van der Waals surface area (Å²) in [5.74, 6) is 0.140. The molecule has 0 radical (unpaired) electrons. The number of nitrogens with one attached hydrogen (secondary N) is 3. The van der Waals surface area contributed by atoms with Crippen molar-refractivity contribution in [3.05, 3.63) is 106 Å². The molecule has 3 aliphatic heterocycles. The molecule has 15 nitrogen and oxygen atoms in total. The number of nitrogens with zero attached hydrogens (tertiary/aromatic N) is 4. The van der Waals surface area contributed by atoms with Gasteiger partial charge in [-0.2, -0.15) is 0 Å². The number of nitro groups is 1. The van der Waals surface area contributed by atoms with Crippen LogP contribution in [0.3, 0.4) is 0 Å². The molecule has 66 heavy (non-hydrogen) atoms. The second kappa shape index (κ2) is 17.2. The Bertz CT molecular complexity index is 2770. The highest BCUT2D eigenvalue weighted by Gasteiger charge is 2.50. The van der Waals surface area contributed by atoms with Crippen LogP contribution in [0, 0.1) is 21.4 Å². The number of sulfonamides is 1. The molecule has 5 aliphatic rings. The Balaban J connectivity index is 0.855. The number of ether oxygens (including phenoxy) is 2. The Kier molecular flexibility index (Phi) is 11.5. The summed E-state index contributed by atoms with van der Waals surface area (Å²) in [6, 6.07) is 20.7. The lowest BCUT2D eigenvalue weighted by Crippen LogP contribution is -2.54. The number of aromatic amines is 1. The summed E-state index contributed by atoms with van der Waals surface area (Å²) < 4.78 is 42.4. The van der Waals surface area contributed by atoms with Gasteiger partial charge in [0, 0.05) is 60.6 Å². The van der Waals surface area contributed by atoms with Crippen molar-refractivity contribution in [1.29, 1.82) is 0 Å². The number of amides is 1. The zero-order chi connectivity index (χ0) is 46.0. The highest BCUT2D eigenvalue weighted by atomic mass is 32.2. The maximum Gasteiger partial charge on any atom is 0.297 e. The van der Waals surface area contributed by atoms with E-state index < -0.39 is 37.0 Å². The van der Waals surface area contributed by atoms with Crippen molar-refractivity contribution in [2.24, 2.45) is 11.3 Å². The number of hydrogen-bond donors (Lipinski definition) is 4. The van der Waals surface area contributed by atoms with Crippen molar-refractivity contribution in [3.8, 4) is 17.2 Å². The molecule has 2 aromatic heterocycles. The van der Waals surface area contributed by atoms with E-state index in [0.717, 1.165) is 49.6 Å². The summed E-state index contributed by atoms with van der Waals surface area (Å²) in [5.41, 5.74) is 3.58. The van der Waals surface area contributed by atoms with Crippen LogP contribution in [-0.4, -0.2) is 83.1 Å². The normalized spacial score (nSPS) is 24.4. The van der Waals surface area contributed by atoms with Crippen LogP contribution < -0.4 is 24.4 Å². The van der Waals surface area contributed by atoms with Gasteiger partial charge in [0.25, 0.3) is 21.6 Å². The summed E-state index contributed by atoms with van der Waals surface area (Å²) in [4.78, 5) is 37.9. The molecule has 348 valence electrons. The first-order chi connectivity index (χ1) is 31.6. The minimum atomic E-state index is -4.66. The third-order valence-corrected chi connectivity index (χ3v) is 16.6. The average Bonchev–Trinajstić information content (AvgIpc) is 3.98. The standard InChI is InChI=1S/C50H59N7O8S/c1-31(2)38-7-4-5-8-39(38)42-9-6-20-56(42)35-27-50(28-35)17-21-55(22-18-50)34-10-11-40(44(24-34)65-36-23-33-14-19-51-47(33)52-29-36)48(58)54-66(62,63)37-25-43(57(60)61)46-45(26-37)64-30-41(53-46)32-12-15-49(3,59)16-13-32/h4-5,7-8,10-11,14,19,23-26,29,31-32,35,41-42,53,59H,6,9,12-13,15-18,20-22,27-28,30H2,1-3H3,(H,51,52)(H,54,58)/t32?,41-,42-,49?/m0/s1. The number of aliphatic hydroxyl groups is 1. The number of rotatable bonds is 11. The molecule has 4 fully saturated rings. The van der Waals surface area contributed by atoms with Gasteiger partial charge in [0.1, 0.15) is 23.8 Å². The number of likely N-dealkylation sites (tertiary alicyclic amines) is 1. The molecule has 4 N–H and O–H groups in total. The van der Waals surface area contributed by atoms with Crippen molar-refractivity contribution in [2.45, 2.75) is 120 Å². The van der Waals surface area contributed by atoms with Crippen molar-refractivity contribution in [1.82, 2.24) is 19.6 Å². The van der Waals surface area contributed by atoms with Gasteiger partial charge in [-0.05, 0) is 130 Å². The third-order valence-electron chi connectivity index (χ3n) is 15.3. The molecule has 10 rings (SSSR count). The maximum atomic E-state index is 14.1. The van der Waals surface area contributed by atoms with Crippen LogP contribution in [0.2, 0.25) is 0 Å².